The SMILES string of the molecule is C=Cc1ccc(CSc2nc3ccccc3c(=O)n2CCOC)cc1. The van der Waals surface area contributed by atoms with Gasteiger partial charge in [-0.25, -0.2) is 4.98 Å². The van der Waals surface area contributed by atoms with Crippen LogP contribution in [0, 0.1) is 0 Å². The molecule has 1 heterocycles. The second kappa shape index (κ2) is 8.14. The fourth-order valence-corrected chi connectivity index (χ4v) is 3.52. The second-order valence-corrected chi connectivity index (χ2v) is 6.54. The van der Waals surface area contributed by atoms with Crippen LogP contribution in [-0.2, 0) is 17.0 Å². The number of aromatic nitrogens is 2. The van der Waals surface area contributed by atoms with Crippen LogP contribution in [0.1, 0.15) is 11.1 Å². The standard InChI is InChI=1S/C20H20N2O2S/c1-3-15-8-10-16(11-9-15)14-25-20-21-18-7-5-4-6-17(18)19(23)22(20)12-13-24-2/h3-11H,1,12-14H2,2H3. The lowest BCUT2D eigenvalue weighted by molar-refractivity contribution is 0.183. The molecule has 0 spiro atoms. The van der Waals surface area contributed by atoms with Gasteiger partial charge in [-0.3, -0.25) is 9.36 Å². The third kappa shape index (κ3) is 4.00. The molecule has 1 aromatic heterocycles. The Morgan fingerprint density at radius 3 is 2.68 bits per heavy atom. The number of hydrogen-bond donors (Lipinski definition) is 0. The smallest absolute Gasteiger partial charge is 0.262 e. The van der Waals surface area contributed by atoms with Gasteiger partial charge in [0.05, 0.1) is 24.1 Å². The minimum atomic E-state index is -0.0212. The molecule has 0 radical (unpaired) electrons. The first kappa shape index (κ1) is 17.5. The Hall–Kier alpha value is -2.37. The number of hydrogen-bond acceptors (Lipinski definition) is 4. The summed E-state index contributed by atoms with van der Waals surface area (Å²) in [6, 6.07) is 15.7. The van der Waals surface area contributed by atoms with Crippen molar-refractivity contribution in [2.45, 2.75) is 17.5 Å². The molecule has 25 heavy (non-hydrogen) atoms. The van der Waals surface area contributed by atoms with Crippen LogP contribution in [0.5, 0.6) is 0 Å². The topological polar surface area (TPSA) is 44.1 Å². The Morgan fingerprint density at radius 1 is 1.20 bits per heavy atom. The van der Waals surface area contributed by atoms with Crippen LogP contribution in [0.15, 0.2) is 65.1 Å². The number of para-hydroxylation sites is 1. The Labute approximate surface area is 151 Å². The summed E-state index contributed by atoms with van der Waals surface area (Å²) in [6.07, 6.45) is 1.82. The highest BCUT2D eigenvalue weighted by molar-refractivity contribution is 7.98. The summed E-state index contributed by atoms with van der Waals surface area (Å²) < 4.78 is 6.85. The fraction of sp³-hybridized carbons (Fsp3) is 0.200. The van der Waals surface area contributed by atoms with E-state index >= 15 is 0 Å². The number of rotatable bonds is 7. The fourth-order valence-electron chi connectivity index (χ4n) is 2.54. The van der Waals surface area contributed by atoms with E-state index in [0.717, 1.165) is 16.8 Å². The number of ether oxygens (including phenoxy) is 1. The predicted molar refractivity (Wildman–Crippen MR) is 104 cm³/mol. The van der Waals surface area contributed by atoms with Crippen LogP contribution in [0.3, 0.4) is 0 Å². The van der Waals surface area contributed by atoms with Crippen LogP contribution < -0.4 is 5.56 Å². The van der Waals surface area contributed by atoms with Crippen molar-refractivity contribution in [3.8, 4) is 0 Å². The number of fused-ring (bicyclic) bond motifs is 1. The van der Waals surface area contributed by atoms with E-state index in [2.05, 4.69) is 18.7 Å². The van der Waals surface area contributed by atoms with Crippen molar-refractivity contribution in [3.05, 3.63) is 76.6 Å². The van der Waals surface area contributed by atoms with E-state index in [9.17, 15) is 4.79 Å². The molecule has 0 saturated carbocycles. The van der Waals surface area contributed by atoms with Gasteiger partial charge in [-0.1, -0.05) is 60.8 Å². The van der Waals surface area contributed by atoms with Crippen molar-refractivity contribution >= 4 is 28.7 Å². The first-order chi connectivity index (χ1) is 12.2. The molecular weight excluding hydrogens is 332 g/mol. The second-order valence-electron chi connectivity index (χ2n) is 5.60. The van der Waals surface area contributed by atoms with Crippen LogP contribution in [0.25, 0.3) is 17.0 Å². The van der Waals surface area contributed by atoms with Crippen molar-refractivity contribution < 1.29 is 4.74 Å². The monoisotopic (exact) mass is 352 g/mol. The molecule has 0 unspecified atom stereocenters. The van der Waals surface area contributed by atoms with Gasteiger partial charge in [0.15, 0.2) is 5.16 Å². The molecule has 0 saturated heterocycles. The maximum Gasteiger partial charge on any atom is 0.262 e. The van der Waals surface area contributed by atoms with Gasteiger partial charge in [0, 0.05) is 12.9 Å². The van der Waals surface area contributed by atoms with Gasteiger partial charge in [0.1, 0.15) is 0 Å². The first-order valence-electron chi connectivity index (χ1n) is 8.05. The molecule has 5 heteroatoms. The highest BCUT2D eigenvalue weighted by atomic mass is 32.2. The minimum Gasteiger partial charge on any atom is -0.383 e. The summed E-state index contributed by atoms with van der Waals surface area (Å²) in [7, 11) is 1.63. The maximum absolute atomic E-state index is 12.8. The van der Waals surface area contributed by atoms with E-state index in [-0.39, 0.29) is 5.56 Å². The zero-order chi connectivity index (χ0) is 17.6. The van der Waals surface area contributed by atoms with E-state index in [4.69, 9.17) is 9.72 Å². The van der Waals surface area contributed by atoms with Gasteiger partial charge in [-0.05, 0) is 23.3 Å². The van der Waals surface area contributed by atoms with E-state index < -0.39 is 0 Å². The number of thioether (sulfide) groups is 1. The van der Waals surface area contributed by atoms with Gasteiger partial charge in [-0.2, -0.15) is 0 Å². The van der Waals surface area contributed by atoms with Crippen molar-refractivity contribution in [1.29, 1.82) is 0 Å². The van der Waals surface area contributed by atoms with Crippen LogP contribution in [-0.4, -0.2) is 23.3 Å². The largest absolute Gasteiger partial charge is 0.383 e. The number of nitrogens with zero attached hydrogens (tertiary/aromatic N) is 2. The van der Waals surface area contributed by atoms with Crippen molar-refractivity contribution in [2.24, 2.45) is 0 Å². The van der Waals surface area contributed by atoms with Gasteiger partial charge in [0.2, 0.25) is 0 Å². The third-order valence-corrected chi connectivity index (χ3v) is 4.98. The minimum absolute atomic E-state index is 0.0212. The third-order valence-electron chi connectivity index (χ3n) is 3.93. The zero-order valence-electron chi connectivity index (χ0n) is 14.1. The van der Waals surface area contributed by atoms with E-state index in [1.54, 1.807) is 23.4 Å². The van der Waals surface area contributed by atoms with Crippen LogP contribution >= 0.6 is 11.8 Å². The summed E-state index contributed by atoms with van der Waals surface area (Å²) >= 11 is 1.56. The molecule has 0 atom stereocenters. The Morgan fingerprint density at radius 2 is 1.96 bits per heavy atom. The molecule has 0 aliphatic rings. The summed E-state index contributed by atoms with van der Waals surface area (Å²) in [4.78, 5) is 17.5. The Kier molecular flexibility index (Phi) is 5.68. The average molecular weight is 352 g/mol. The average Bonchev–Trinajstić information content (AvgIpc) is 2.66. The molecular formula is C20H20N2O2S. The van der Waals surface area contributed by atoms with Gasteiger partial charge in [0.25, 0.3) is 5.56 Å². The Bertz CT molecular complexity index is 933. The summed E-state index contributed by atoms with van der Waals surface area (Å²) in [5.74, 6) is 0.745. The van der Waals surface area contributed by atoms with Gasteiger partial charge < -0.3 is 4.74 Å². The lowest BCUT2D eigenvalue weighted by atomic mass is 10.1. The molecule has 4 nitrogen and oxygen atoms in total. The van der Waals surface area contributed by atoms with Crippen molar-refractivity contribution in [3.63, 3.8) is 0 Å². The van der Waals surface area contributed by atoms with E-state index in [1.807, 2.05) is 42.5 Å². The number of benzene rings is 2. The first-order valence-corrected chi connectivity index (χ1v) is 9.04. The van der Waals surface area contributed by atoms with E-state index in [0.29, 0.717) is 23.7 Å². The lowest BCUT2D eigenvalue weighted by Gasteiger charge is -2.12. The maximum atomic E-state index is 12.8. The highest BCUT2D eigenvalue weighted by Gasteiger charge is 2.11. The molecule has 0 bridgehead atoms. The normalized spacial score (nSPS) is 10.9. The summed E-state index contributed by atoms with van der Waals surface area (Å²) in [5, 5.41) is 1.35. The van der Waals surface area contributed by atoms with Gasteiger partial charge >= 0.3 is 0 Å². The molecule has 0 N–H and O–H groups in total. The molecule has 0 aliphatic heterocycles. The molecule has 0 fully saturated rings. The van der Waals surface area contributed by atoms with Crippen molar-refractivity contribution in [2.75, 3.05) is 13.7 Å². The quantitative estimate of drug-likeness (QED) is 0.477. The molecule has 3 rings (SSSR count). The highest BCUT2D eigenvalue weighted by Crippen LogP contribution is 2.22. The number of methoxy groups -OCH3 is 1. The lowest BCUT2D eigenvalue weighted by Crippen LogP contribution is -2.25. The van der Waals surface area contributed by atoms with Crippen LogP contribution in [0.4, 0.5) is 0 Å². The molecule has 3 aromatic rings. The predicted octanol–water partition coefficient (Wildman–Crippen LogP) is 3.98. The molecule has 2 aromatic carbocycles. The van der Waals surface area contributed by atoms with E-state index in [1.165, 1.54) is 5.56 Å². The molecule has 0 aliphatic carbocycles. The summed E-state index contributed by atoms with van der Waals surface area (Å²) in [5.41, 5.74) is 2.98. The van der Waals surface area contributed by atoms with Crippen molar-refractivity contribution in [1.82, 2.24) is 9.55 Å². The Balaban J connectivity index is 1.92. The summed E-state index contributed by atoms with van der Waals surface area (Å²) in [6.45, 7) is 4.73. The zero-order valence-corrected chi connectivity index (χ0v) is 15.0. The van der Waals surface area contributed by atoms with Crippen LogP contribution in [0.2, 0.25) is 0 Å². The molecule has 0 amide bonds. The van der Waals surface area contributed by atoms with Gasteiger partial charge in [-0.15, -0.1) is 0 Å². The molecule has 128 valence electrons.